The van der Waals surface area contributed by atoms with Crippen molar-refractivity contribution in [2.45, 2.75) is 19.8 Å². The minimum atomic E-state index is -0.706. The number of amides is 1. The molecule has 0 atom stereocenters. The maximum Gasteiger partial charge on any atom is 0.295 e. The lowest BCUT2D eigenvalue weighted by atomic mass is 10.2. The Morgan fingerprint density at radius 2 is 2.05 bits per heavy atom. The molecule has 2 rings (SSSR count). The zero-order chi connectivity index (χ0) is 14.0. The van der Waals surface area contributed by atoms with Gasteiger partial charge in [0.05, 0.1) is 16.7 Å². The van der Waals surface area contributed by atoms with Crippen molar-refractivity contribution in [2.75, 3.05) is 23.3 Å². The summed E-state index contributed by atoms with van der Waals surface area (Å²) in [7, 11) is 0. The van der Waals surface area contributed by atoms with Crippen LogP contribution in [0.1, 0.15) is 19.8 Å². The highest BCUT2D eigenvalue weighted by molar-refractivity contribution is 5.92. The molecule has 102 valence electrons. The van der Waals surface area contributed by atoms with Gasteiger partial charge in [0.25, 0.3) is 5.69 Å². The number of carbonyl (C=O) groups excluding carboxylic acids is 1. The van der Waals surface area contributed by atoms with Gasteiger partial charge in [-0.1, -0.05) is 0 Å². The highest BCUT2D eigenvalue weighted by atomic mass is 19.1. The fourth-order valence-electron chi connectivity index (χ4n) is 2.19. The second-order valence-corrected chi connectivity index (χ2v) is 4.45. The molecule has 1 heterocycles. The van der Waals surface area contributed by atoms with E-state index in [4.69, 9.17) is 0 Å². The molecule has 0 aromatic heterocycles. The van der Waals surface area contributed by atoms with Crippen molar-refractivity contribution in [2.24, 2.45) is 0 Å². The van der Waals surface area contributed by atoms with E-state index in [0.29, 0.717) is 18.8 Å². The average molecular weight is 267 g/mol. The summed E-state index contributed by atoms with van der Waals surface area (Å²) >= 11 is 0. The first-order valence-corrected chi connectivity index (χ1v) is 5.99. The van der Waals surface area contributed by atoms with Crippen LogP contribution < -0.4 is 10.2 Å². The lowest BCUT2D eigenvalue weighted by Gasteiger charge is -2.19. The smallest absolute Gasteiger partial charge is 0.295 e. The molecule has 1 amide bonds. The summed E-state index contributed by atoms with van der Waals surface area (Å²) in [6, 6.07) is 2.19. The van der Waals surface area contributed by atoms with Crippen LogP contribution in [0.2, 0.25) is 0 Å². The zero-order valence-electron chi connectivity index (χ0n) is 10.5. The predicted molar refractivity (Wildman–Crippen MR) is 68.8 cm³/mol. The van der Waals surface area contributed by atoms with Crippen molar-refractivity contribution in [3.05, 3.63) is 28.1 Å². The Kier molecular flexibility index (Phi) is 3.64. The number of carbonyl (C=O) groups is 1. The first kappa shape index (κ1) is 13.3. The Bertz CT molecular complexity index is 527. The van der Waals surface area contributed by atoms with Gasteiger partial charge in [-0.3, -0.25) is 14.9 Å². The average Bonchev–Trinajstić information content (AvgIpc) is 2.83. The fourth-order valence-corrected chi connectivity index (χ4v) is 2.19. The van der Waals surface area contributed by atoms with Crippen LogP contribution in [0, 0.1) is 15.9 Å². The summed E-state index contributed by atoms with van der Waals surface area (Å²) in [5.41, 5.74) is -0.108. The Morgan fingerprint density at radius 1 is 1.42 bits per heavy atom. The monoisotopic (exact) mass is 267 g/mol. The molecule has 0 bridgehead atoms. The van der Waals surface area contributed by atoms with Crippen LogP contribution in [0.25, 0.3) is 0 Å². The second kappa shape index (κ2) is 5.21. The van der Waals surface area contributed by atoms with Gasteiger partial charge in [-0.05, 0) is 18.9 Å². The minimum absolute atomic E-state index is 0.0285. The molecule has 19 heavy (non-hydrogen) atoms. The molecule has 0 aliphatic carbocycles. The predicted octanol–water partition coefficient (Wildman–Crippen LogP) is 2.29. The summed E-state index contributed by atoms with van der Waals surface area (Å²) in [6.07, 6.45) is 1.93. The van der Waals surface area contributed by atoms with Crippen molar-refractivity contribution in [3.63, 3.8) is 0 Å². The molecule has 0 saturated carbocycles. The first-order chi connectivity index (χ1) is 8.99. The van der Waals surface area contributed by atoms with E-state index in [1.165, 1.54) is 13.0 Å². The van der Waals surface area contributed by atoms with E-state index in [0.717, 1.165) is 18.9 Å². The molecular formula is C12H14FN3O3. The minimum Gasteiger partial charge on any atom is -0.369 e. The number of hydrogen-bond donors (Lipinski definition) is 1. The van der Waals surface area contributed by atoms with E-state index in [1.54, 1.807) is 0 Å². The van der Waals surface area contributed by atoms with Gasteiger partial charge in [-0.15, -0.1) is 0 Å². The Balaban J connectivity index is 2.45. The molecule has 0 unspecified atom stereocenters. The zero-order valence-corrected chi connectivity index (χ0v) is 10.5. The van der Waals surface area contributed by atoms with Gasteiger partial charge in [0, 0.05) is 20.0 Å². The van der Waals surface area contributed by atoms with Crippen molar-refractivity contribution in [1.29, 1.82) is 0 Å². The first-order valence-electron chi connectivity index (χ1n) is 5.99. The quantitative estimate of drug-likeness (QED) is 0.673. The maximum absolute atomic E-state index is 13.9. The molecular weight excluding hydrogens is 253 g/mol. The van der Waals surface area contributed by atoms with Crippen LogP contribution in [0.4, 0.5) is 21.5 Å². The largest absolute Gasteiger partial charge is 0.369 e. The van der Waals surface area contributed by atoms with E-state index in [2.05, 4.69) is 5.32 Å². The van der Waals surface area contributed by atoms with Gasteiger partial charge >= 0.3 is 0 Å². The summed E-state index contributed by atoms with van der Waals surface area (Å²) in [4.78, 5) is 23.0. The lowest BCUT2D eigenvalue weighted by molar-refractivity contribution is -0.384. The number of nitro groups is 1. The maximum atomic E-state index is 13.9. The van der Waals surface area contributed by atoms with E-state index in [1.807, 2.05) is 4.90 Å². The highest BCUT2D eigenvalue weighted by Gasteiger charge is 2.23. The third-order valence-electron chi connectivity index (χ3n) is 3.02. The second-order valence-electron chi connectivity index (χ2n) is 4.45. The summed E-state index contributed by atoms with van der Waals surface area (Å²) in [6.45, 7) is 2.69. The van der Waals surface area contributed by atoms with Crippen molar-refractivity contribution in [3.8, 4) is 0 Å². The number of rotatable bonds is 3. The van der Waals surface area contributed by atoms with Gasteiger partial charge in [0.1, 0.15) is 5.69 Å². The van der Waals surface area contributed by atoms with Crippen LogP contribution >= 0.6 is 0 Å². The van der Waals surface area contributed by atoms with Crippen molar-refractivity contribution >= 4 is 23.0 Å². The standard InChI is InChI=1S/C12H14FN3O3/c1-8(17)14-10-7-11(15-4-2-3-5-15)9(13)6-12(10)16(18)19/h6-7H,2-5H2,1H3,(H,14,17). The summed E-state index contributed by atoms with van der Waals surface area (Å²) in [5.74, 6) is -1.07. The molecule has 1 saturated heterocycles. The normalized spacial score (nSPS) is 14.5. The molecule has 1 fully saturated rings. The van der Waals surface area contributed by atoms with Gasteiger partial charge < -0.3 is 10.2 Å². The van der Waals surface area contributed by atoms with Crippen LogP contribution in [0.15, 0.2) is 12.1 Å². The molecule has 1 aromatic carbocycles. The molecule has 7 heteroatoms. The highest BCUT2D eigenvalue weighted by Crippen LogP contribution is 2.33. The van der Waals surface area contributed by atoms with Crippen LogP contribution in [-0.4, -0.2) is 23.9 Å². The summed E-state index contributed by atoms with van der Waals surface area (Å²) < 4.78 is 13.9. The Hall–Kier alpha value is -2.18. The molecule has 1 aromatic rings. The topological polar surface area (TPSA) is 75.5 Å². The van der Waals surface area contributed by atoms with Gasteiger partial charge in [-0.2, -0.15) is 0 Å². The lowest BCUT2D eigenvalue weighted by Crippen LogP contribution is -2.20. The number of hydrogen-bond acceptors (Lipinski definition) is 4. The Labute approximate surface area is 109 Å². The number of nitro benzene ring substituents is 1. The number of nitrogens with one attached hydrogen (secondary N) is 1. The third-order valence-corrected chi connectivity index (χ3v) is 3.02. The van der Waals surface area contributed by atoms with Crippen molar-refractivity contribution < 1.29 is 14.1 Å². The molecule has 1 N–H and O–H groups in total. The van der Waals surface area contributed by atoms with Gasteiger partial charge in [-0.25, -0.2) is 4.39 Å². The number of halogens is 1. The van der Waals surface area contributed by atoms with E-state index in [9.17, 15) is 19.3 Å². The Morgan fingerprint density at radius 3 is 2.58 bits per heavy atom. The van der Waals surface area contributed by atoms with Gasteiger partial charge in [0.2, 0.25) is 5.91 Å². The van der Waals surface area contributed by atoms with Crippen LogP contribution in [0.5, 0.6) is 0 Å². The van der Waals surface area contributed by atoms with E-state index in [-0.39, 0.29) is 5.69 Å². The molecule has 0 radical (unpaired) electrons. The van der Waals surface area contributed by atoms with Gasteiger partial charge in [0.15, 0.2) is 5.82 Å². The van der Waals surface area contributed by atoms with Crippen LogP contribution in [0.3, 0.4) is 0 Å². The van der Waals surface area contributed by atoms with E-state index >= 15 is 0 Å². The van der Waals surface area contributed by atoms with Crippen LogP contribution in [-0.2, 0) is 4.79 Å². The molecule has 6 nitrogen and oxygen atoms in total. The number of nitrogens with zero attached hydrogens (tertiary/aromatic N) is 2. The molecule has 1 aliphatic rings. The third kappa shape index (κ3) is 2.81. The number of benzene rings is 1. The van der Waals surface area contributed by atoms with Crippen molar-refractivity contribution in [1.82, 2.24) is 0 Å². The van der Waals surface area contributed by atoms with E-state index < -0.39 is 22.3 Å². The SMILES string of the molecule is CC(=O)Nc1cc(N2CCCC2)c(F)cc1[N+](=O)[O-]. The molecule has 1 aliphatic heterocycles. The molecule has 0 spiro atoms. The number of anilines is 2. The summed E-state index contributed by atoms with van der Waals surface area (Å²) in [5, 5.41) is 13.2. The fraction of sp³-hybridized carbons (Fsp3) is 0.417.